The van der Waals surface area contributed by atoms with Gasteiger partial charge in [-0.2, -0.15) is 13.5 Å². The molecule has 232 valence electrons. The smallest absolute Gasteiger partial charge is 0.0529 e. The van der Waals surface area contributed by atoms with E-state index in [0.717, 1.165) is 22.7 Å². The van der Waals surface area contributed by atoms with E-state index in [9.17, 15) is 0 Å². The summed E-state index contributed by atoms with van der Waals surface area (Å²) in [4.78, 5) is 2.41. The highest BCUT2D eigenvalue weighted by molar-refractivity contribution is 7.59. The van der Waals surface area contributed by atoms with Crippen molar-refractivity contribution in [2.45, 2.75) is 19.3 Å². The molecule has 0 unspecified atom stereocenters. The number of rotatable bonds is 5. The molecule has 8 aromatic rings. The fourth-order valence-corrected chi connectivity index (χ4v) is 7.63. The molecule has 1 aliphatic carbocycles. The fourth-order valence-electron chi connectivity index (χ4n) is 7.63. The van der Waals surface area contributed by atoms with Gasteiger partial charge in [0.1, 0.15) is 0 Å². The summed E-state index contributed by atoms with van der Waals surface area (Å²) in [6.45, 7) is 4.70. The topological polar surface area (TPSA) is 8.17 Å². The van der Waals surface area contributed by atoms with Gasteiger partial charge >= 0.3 is 0 Å². The molecular weight excluding hydrogens is 601 g/mol. The highest BCUT2D eigenvalue weighted by Gasteiger charge is 2.35. The van der Waals surface area contributed by atoms with Crippen LogP contribution in [0.3, 0.4) is 0 Å². The van der Waals surface area contributed by atoms with Crippen LogP contribution >= 0.6 is 13.5 Å². The van der Waals surface area contributed by atoms with E-state index in [0.29, 0.717) is 0 Å². The van der Waals surface area contributed by atoms with Gasteiger partial charge in [-0.25, -0.2) is 0 Å². The molecule has 9 rings (SSSR count). The fraction of sp³-hybridized carbons (Fsp3) is 0.0667. The number of hydrogen-bond donors (Lipinski definition) is 0. The predicted octanol–water partition coefficient (Wildman–Crippen LogP) is 12.3. The average molecular weight is 637 g/mol. The molecule has 0 fully saturated rings. The van der Waals surface area contributed by atoms with Crippen LogP contribution in [0.5, 0.6) is 0 Å². The molecule has 2 nitrogen and oxygen atoms in total. The standard InChI is InChI=1S/C45H34N2.H2S/c1-45(2)42-18-9-8-16-40(42)41-25-23-37(30-43(41)45)47(36-24-26-44-33(29-36)27-28-46(44)34-13-4-3-5-14-34)35-21-19-32(20-22-35)39-17-10-12-31-11-6-7-15-38(31)39;/h3-30H,1-2H3;1H2. The first kappa shape index (κ1) is 29.9. The lowest BCUT2D eigenvalue weighted by Gasteiger charge is -2.28. The summed E-state index contributed by atoms with van der Waals surface area (Å²) in [6.07, 6.45) is 2.17. The number of para-hydroxylation sites is 1. The lowest BCUT2D eigenvalue weighted by atomic mass is 9.82. The Bertz CT molecular complexity index is 2430. The number of benzene rings is 7. The zero-order valence-electron chi connectivity index (χ0n) is 27.1. The zero-order chi connectivity index (χ0) is 31.5. The van der Waals surface area contributed by atoms with Crippen LogP contribution in [0, 0.1) is 0 Å². The molecule has 1 heterocycles. The third-order valence-electron chi connectivity index (χ3n) is 10.0. The molecule has 0 spiro atoms. The molecule has 0 saturated carbocycles. The van der Waals surface area contributed by atoms with Gasteiger partial charge in [-0.3, -0.25) is 0 Å². The number of anilines is 3. The summed E-state index contributed by atoms with van der Waals surface area (Å²) >= 11 is 0. The molecule has 0 radical (unpaired) electrons. The van der Waals surface area contributed by atoms with E-state index < -0.39 is 0 Å². The average Bonchev–Trinajstić information content (AvgIpc) is 3.65. The maximum Gasteiger partial charge on any atom is 0.0529 e. The summed E-state index contributed by atoms with van der Waals surface area (Å²) in [5, 5.41) is 3.74. The van der Waals surface area contributed by atoms with Crippen molar-refractivity contribution in [2.75, 3.05) is 4.90 Å². The van der Waals surface area contributed by atoms with Crippen molar-refractivity contribution in [3.63, 3.8) is 0 Å². The summed E-state index contributed by atoms with van der Waals surface area (Å²) in [7, 11) is 0. The van der Waals surface area contributed by atoms with E-state index in [4.69, 9.17) is 0 Å². The minimum Gasteiger partial charge on any atom is -0.317 e. The van der Waals surface area contributed by atoms with Gasteiger partial charge in [0.2, 0.25) is 0 Å². The highest BCUT2D eigenvalue weighted by atomic mass is 32.1. The van der Waals surface area contributed by atoms with Gasteiger partial charge in [-0.15, -0.1) is 0 Å². The van der Waals surface area contributed by atoms with Gasteiger partial charge in [0.05, 0.1) is 5.52 Å². The molecule has 0 N–H and O–H groups in total. The second-order valence-electron chi connectivity index (χ2n) is 13.1. The first-order valence-electron chi connectivity index (χ1n) is 16.4. The summed E-state index contributed by atoms with van der Waals surface area (Å²) in [5.74, 6) is 0. The zero-order valence-corrected chi connectivity index (χ0v) is 28.1. The van der Waals surface area contributed by atoms with Crippen molar-refractivity contribution < 1.29 is 0 Å². The Balaban J connectivity index is 0.00000336. The molecule has 3 heteroatoms. The van der Waals surface area contributed by atoms with Crippen molar-refractivity contribution in [3.8, 4) is 27.9 Å². The molecule has 0 aliphatic heterocycles. The summed E-state index contributed by atoms with van der Waals surface area (Å²) in [6, 6.07) is 59.7. The van der Waals surface area contributed by atoms with Crippen LogP contribution in [0.4, 0.5) is 17.1 Å². The third-order valence-corrected chi connectivity index (χ3v) is 10.0. The van der Waals surface area contributed by atoms with Crippen LogP contribution in [0.25, 0.3) is 49.6 Å². The molecule has 0 bridgehead atoms. The number of aromatic nitrogens is 1. The van der Waals surface area contributed by atoms with Crippen LogP contribution in [-0.4, -0.2) is 4.57 Å². The Morgan fingerprint density at radius 2 is 1.12 bits per heavy atom. The van der Waals surface area contributed by atoms with Crippen LogP contribution in [0.1, 0.15) is 25.0 Å². The summed E-state index contributed by atoms with van der Waals surface area (Å²) in [5.41, 5.74) is 13.6. The van der Waals surface area contributed by atoms with Gasteiger partial charge < -0.3 is 9.47 Å². The molecule has 0 saturated heterocycles. The Morgan fingerprint density at radius 3 is 1.98 bits per heavy atom. The van der Waals surface area contributed by atoms with Gasteiger partial charge in [0.25, 0.3) is 0 Å². The minimum absolute atomic E-state index is 0. The predicted molar refractivity (Wildman–Crippen MR) is 209 cm³/mol. The van der Waals surface area contributed by atoms with Crippen LogP contribution in [-0.2, 0) is 5.41 Å². The second kappa shape index (κ2) is 11.6. The number of hydrogen-bond acceptors (Lipinski definition) is 1. The Labute approximate surface area is 289 Å². The van der Waals surface area contributed by atoms with E-state index >= 15 is 0 Å². The molecule has 0 amide bonds. The third kappa shape index (κ3) is 4.73. The van der Waals surface area contributed by atoms with Crippen molar-refractivity contribution in [2.24, 2.45) is 0 Å². The Kier molecular flexibility index (Phi) is 7.23. The Hall–Kier alpha value is -5.51. The van der Waals surface area contributed by atoms with Crippen LogP contribution in [0.15, 0.2) is 170 Å². The van der Waals surface area contributed by atoms with Crippen molar-refractivity contribution in [1.82, 2.24) is 4.57 Å². The first-order valence-corrected chi connectivity index (χ1v) is 16.4. The highest BCUT2D eigenvalue weighted by Crippen LogP contribution is 2.50. The monoisotopic (exact) mass is 636 g/mol. The molecule has 1 aliphatic rings. The van der Waals surface area contributed by atoms with Crippen molar-refractivity contribution in [1.29, 1.82) is 0 Å². The second-order valence-corrected chi connectivity index (χ2v) is 13.1. The van der Waals surface area contributed by atoms with Crippen LogP contribution < -0.4 is 4.90 Å². The van der Waals surface area contributed by atoms with Gasteiger partial charge in [0, 0.05) is 39.7 Å². The molecular formula is C45H36N2S. The van der Waals surface area contributed by atoms with Crippen molar-refractivity contribution >= 4 is 52.2 Å². The largest absolute Gasteiger partial charge is 0.317 e. The van der Waals surface area contributed by atoms with Gasteiger partial charge in [-0.05, 0) is 105 Å². The molecule has 48 heavy (non-hydrogen) atoms. The lowest BCUT2D eigenvalue weighted by Crippen LogP contribution is -2.16. The SMILES string of the molecule is CC1(C)c2ccccc2-c2ccc(N(c3ccc(-c4cccc5ccccc45)cc3)c3ccc4c(ccn4-c4ccccc4)c3)cc21.S. The number of fused-ring (bicyclic) bond motifs is 5. The first-order chi connectivity index (χ1) is 23.1. The maximum absolute atomic E-state index is 2.41. The van der Waals surface area contributed by atoms with E-state index in [-0.39, 0.29) is 18.9 Å². The van der Waals surface area contributed by atoms with Gasteiger partial charge in [-0.1, -0.05) is 117 Å². The molecule has 1 aromatic heterocycles. The van der Waals surface area contributed by atoms with Crippen molar-refractivity contribution in [3.05, 3.63) is 181 Å². The minimum atomic E-state index is -0.0807. The quantitative estimate of drug-likeness (QED) is 0.182. The van der Waals surface area contributed by atoms with E-state index in [1.807, 2.05) is 0 Å². The lowest BCUT2D eigenvalue weighted by molar-refractivity contribution is 0.660. The van der Waals surface area contributed by atoms with Gasteiger partial charge in [0.15, 0.2) is 0 Å². The van der Waals surface area contributed by atoms with E-state index in [2.05, 4.69) is 193 Å². The normalized spacial score (nSPS) is 12.8. The molecule has 0 atom stereocenters. The van der Waals surface area contributed by atoms with E-state index in [1.165, 1.54) is 55.1 Å². The summed E-state index contributed by atoms with van der Waals surface area (Å²) < 4.78 is 2.26. The number of nitrogens with zero attached hydrogens (tertiary/aromatic N) is 2. The maximum atomic E-state index is 2.41. The van der Waals surface area contributed by atoms with Crippen LogP contribution in [0.2, 0.25) is 0 Å². The van der Waals surface area contributed by atoms with E-state index in [1.54, 1.807) is 0 Å². The Morgan fingerprint density at radius 1 is 0.479 bits per heavy atom. The molecule has 7 aromatic carbocycles.